The van der Waals surface area contributed by atoms with E-state index in [1.807, 2.05) is 30.3 Å². The van der Waals surface area contributed by atoms with Gasteiger partial charge in [0.1, 0.15) is 0 Å². The normalized spacial score (nSPS) is 12.5. The predicted octanol–water partition coefficient (Wildman–Crippen LogP) is 4.03. The Morgan fingerprint density at radius 1 is 1.35 bits per heavy atom. The molecule has 0 aliphatic heterocycles. The molecule has 0 aliphatic carbocycles. The van der Waals surface area contributed by atoms with Crippen LogP contribution in [0.25, 0.3) is 6.08 Å². The molecule has 0 bridgehead atoms. The van der Waals surface area contributed by atoms with Crippen molar-refractivity contribution < 1.29 is 9.90 Å². The van der Waals surface area contributed by atoms with Gasteiger partial charge in [-0.25, -0.2) is 4.79 Å². The SMILES string of the molecule is CCC(C)(C)SC(=Cc1ccccc1)C(=O)O. The molecule has 92 valence electrons. The first-order valence-corrected chi connectivity index (χ1v) is 6.45. The Kier molecular flexibility index (Phi) is 4.82. The third-order valence-corrected chi connectivity index (χ3v) is 3.90. The molecule has 0 atom stereocenters. The van der Waals surface area contributed by atoms with Crippen LogP contribution in [-0.2, 0) is 4.79 Å². The summed E-state index contributed by atoms with van der Waals surface area (Å²) < 4.78 is -0.0565. The minimum Gasteiger partial charge on any atom is -0.477 e. The van der Waals surface area contributed by atoms with E-state index in [1.54, 1.807) is 6.08 Å². The molecule has 0 heterocycles. The molecule has 0 unspecified atom stereocenters. The summed E-state index contributed by atoms with van der Waals surface area (Å²) in [5.41, 5.74) is 0.921. The van der Waals surface area contributed by atoms with Crippen molar-refractivity contribution in [2.45, 2.75) is 31.9 Å². The van der Waals surface area contributed by atoms with Crippen LogP contribution in [-0.4, -0.2) is 15.8 Å². The lowest BCUT2D eigenvalue weighted by atomic mass is 10.1. The predicted molar refractivity (Wildman–Crippen MR) is 74.0 cm³/mol. The van der Waals surface area contributed by atoms with Crippen LogP contribution in [0.4, 0.5) is 0 Å². The van der Waals surface area contributed by atoms with Gasteiger partial charge in [0.15, 0.2) is 0 Å². The van der Waals surface area contributed by atoms with Gasteiger partial charge in [0.25, 0.3) is 0 Å². The van der Waals surface area contributed by atoms with Crippen molar-refractivity contribution in [2.75, 3.05) is 0 Å². The fourth-order valence-corrected chi connectivity index (χ4v) is 2.23. The van der Waals surface area contributed by atoms with Crippen LogP contribution in [0.2, 0.25) is 0 Å². The van der Waals surface area contributed by atoms with Crippen LogP contribution in [0.5, 0.6) is 0 Å². The number of carbonyl (C=O) groups is 1. The number of hydrogen-bond donors (Lipinski definition) is 1. The Balaban J connectivity index is 2.95. The van der Waals surface area contributed by atoms with E-state index in [-0.39, 0.29) is 4.75 Å². The molecular weight excluding hydrogens is 232 g/mol. The topological polar surface area (TPSA) is 37.3 Å². The molecule has 0 saturated heterocycles. The van der Waals surface area contributed by atoms with Crippen LogP contribution in [0.15, 0.2) is 35.2 Å². The molecule has 1 aromatic carbocycles. The fourth-order valence-electron chi connectivity index (χ4n) is 1.21. The molecule has 0 amide bonds. The Hall–Kier alpha value is -1.22. The number of thioether (sulfide) groups is 1. The van der Waals surface area contributed by atoms with Crippen molar-refractivity contribution in [3.63, 3.8) is 0 Å². The highest BCUT2D eigenvalue weighted by Crippen LogP contribution is 2.35. The monoisotopic (exact) mass is 250 g/mol. The highest BCUT2D eigenvalue weighted by Gasteiger charge is 2.21. The molecule has 0 fully saturated rings. The zero-order valence-electron chi connectivity index (χ0n) is 10.4. The maximum atomic E-state index is 11.2. The molecule has 17 heavy (non-hydrogen) atoms. The van der Waals surface area contributed by atoms with E-state index < -0.39 is 5.97 Å². The largest absolute Gasteiger partial charge is 0.477 e. The smallest absolute Gasteiger partial charge is 0.342 e. The first-order valence-electron chi connectivity index (χ1n) is 5.63. The quantitative estimate of drug-likeness (QED) is 0.801. The zero-order valence-corrected chi connectivity index (χ0v) is 11.3. The second-order valence-electron chi connectivity index (χ2n) is 4.44. The highest BCUT2D eigenvalue weighted by atomic mass is 32.2. The van der Waals surface area contributed by atoms with E-state index in [1.165, 1.54) is 11.8 Å². The molecular formula is C14H18O2S. The van der Waals surface area contributed by atoms with Crippen molar-refractivity contribution in [3.8, 4) is 0 Å². The molecule has 0 saturated carbocycles. The summed E-state index contributed by atoms with van der Waals surface area (Å²) in [5, 5.41) is 9.20. The molecule has 0 radical (unpaired) electrons. The maximum Gasteiger partial charge on any atom is 0.342 e. The van der Waals surface area contributed by atoms with E-state index in [2.05, 4.69) is 20.8 Å². The first-order chi connectivity index (χ1) is 7.94. The summed E-state index contributed by atoms with van der Waals surface area (Å²) in [6.07, 6.45) is 2.65. The number of carboxylic acid groups (broad SMARTS) is 1. The molecule has 1 rings (SSSR count). The van der Waals surface area contributed by atoms with Crippen LogP contribution in [0.3, 0.4) is 0 Å². The van der Waals surface area contributed by atoms with Crippen LogP contribution in [0, 0.1) is 0 Å². The van der Waals surface area contributed by atoms with Crippen molar-refractivity contribution in [1.29, 1.82) is 0 Å². The standard InChI is InChI=1S/C14H18O2S/c1-4-14(2,3)17-12(13(15)16)10-11-8-6-5-7-9-11/h5-10H,4H2,1-3H3,(H,15,16). The van der Waals surface area contributed by atoms with Crippen molar-refractivity contribution in [1.82, 2.24) is 0 Å². The van der Waals surface area contributed by atoms with Gasteiger partial charge in [0, 0.05) is 4.75 Å². The van der Waals surface area contributed by atoms with Gasteiger partial charge in [-0.15, -0.1) is 11.8 Å². The summed E-state index contributed by atoms with van der Waals surface area (Å²) in [6.45, 7) is 6.17. The van der Waals surface area contributed by atoms with Crippen molar-refractivity contribution in [2.24, 2.45) is 0 Å². The van der Waals surface area contributed by atoms with Gasteiger partial charge >= 0.3 is 5.97 Å². The Labute approximate surface area is 107 Å². The molecule has 1 N–H and O–H groups in total. The summed E-state index contributed by atoms with van der Waals surface area (Å²) in [4.78, 5) is 11.6. The second kappa shape index (κ2) is 5.92. The summed E-state index contributed by atoms with van der Waals surface area (Å²) in [7, 11) is 0. The molecule has 0 aromatic heterocycles. The van der Waals surface area contributed by atoms with E-state index in [4.69, 9.17) is 0 Å². The molecule has 0 aliphatic rings. The lowest BCUT2D eigenvalue weighted by Gasteiger charge is -2.21. The molecule has 0 spiro atoms. The van der Waals surface area contributed by atoms with Crippen molar-refractivity contribution >= 4 is 23.8 Å². The third-order valence-electron chi connectivity index (χ3n) is 2.55. The van der Waals surface area contributed by atoms with Gasteiger partial charge in [-0.2, -0.15) is 0 Å². The number of rotatable bonds is 5. The van der Waals surface area contributed by atoms with Gasteiger partial charge in [-0.05, 0) is 18.1 Å². The zero-order chi connectivity index (χ0) is 12.9. The highest BCUT2D eigenvalue weighted by molar-refractivity contribution is 8.05. The van der Waals surface area contributed by atoms with E-state index in [0.29, 0.717) is 4.91 Å². The first kappa shape index (κ1) is 13.8. The molecule has 3 heteroatoms. The van der Waals surface area contributed by atoms with E-state index >= 15 is 0 Å². The minimum atomic E-state index is -0.861. The van der Waals surface area contributed by atoms with Crippen molar-refractivity contribution in [3.05, 3.63) is 40.8 Å². The number of carboxylic acids is 1. The maximum absolute atomic E-state index is 11.2. The van der Waals surface area contributed by atoms with Gasteiger partial charge in [0.05, 0.1) is 4.91 Å². The minimum absolute atomic E-state index is 0.0565. The molecule has 2 nitrogen and oxygen atoms in total. The number of benzene rings is 1. The van der Waals surface area contributed by atoms with Gasteiger partial charge in [0.2, 0.25) is 0 Å². The lowest BCUT2D eigenvalue weighted by molar-refractivity contribution is -0.131. The number of aliphatic carboxylic acids is 1. The fraction of sp³-hybridized carbons (Fsp3) is 0.357. The Morgan fingerprint density at radius 3 is 2.41 bits per heavy atom. The van der Waals surface area contributed by atoms with Crippen LogP contribution >= 0.6 is 11.8 Å². The van der Waals surface area contributed by atoms with Crippen LogP contribution in [0.1, 0.15) is 32.8 Å². The summed E-state index contributed by atoms with van der Waals surface area (Å²) >= 11 is 1.41. The van der Waals surface area contributed by atoms with E-state index in [0.717, 1.165) is 12.0 Å². The Bertz CT molecular complexity index is 407. The van der Waals surface area contributed by atoms with Gasteiger partial charge in [-0.1, -0.05) is 51.1 Å². The molecule has 1 aromatic rings. The Morgan fingerprint density at radius 2 is 1.94 bits per heavy atom. The lowest BCUT2D eigenvalue weighted by Crippen LogP contribution is -2.15. The number of hydrogen-bond acceptors (Lipinski definition) is 2. The average molecular weight is 250 g/mol. The van der Waals surface area contributed by atoms with Gasteiger partial charge < -0.3 is 5.11 Å². The van der Waals surface area contributed by atoms with Crippen LogP contribution < -0.4 is 0 Å². The second-order valence-corrected chi connectivity index (χ2v) is 6.19. The third kappa shape index (κ3) is 4.65. The van der Waals surface area contributed by atoms with E-state index in [9.17, 15) is 9.90 Å². The summed E-state index contributed by atoms with van der Waals surface area (Å²) in [6, 6.07) is 9.54. The van der Waals surface area contributed by atoms with Gasteiger partial charge in [-0.3, -0.25) is 0 Å². The summed E-state index contributed by atoms with van der Waals surface area (Å²) in [5.74, 6) is -0.861. The average Bonchev–Trinajstić information content (AvgIpc) is 2.29.